The smallest absolute Gasteiger partial charge is 0.331 e. The van der Waals surface area contributed by atoms with Gasteiger partial charge in [0.05, 0.1) is 0 Å². The normalized spacial score (nSPS) is 16.3. The molecule has 0 aliphatic rings. The fraction of sp³-hybridized carbons (Fsp3) is 1.00. The summed E-state index contributed by atoms with van der Waals surface area (Å²) in [7, 11) is 0. The van der Waals surface area contributed by atoms with Gasteiger partial charge in [-0.15, -0.1) is 0 Å². The van der Waals surface area contributed by atoms with Gasteiger partial charge in [-0.05, 0) is 0 Å². The third-order valence-corrected chi connectivity index (χ3v) is 2.74. The van der Waals surface area contributed by atoms with Gasteiger partial charge in [-0.2, -0.15) is 65.9 Å². The van der Waals surface area contributed by atoms with E-state index in [1.807, 2.05) is 0 Å². The Morgan fingerprint density at radius 1 is 0.440 bits per heavy atom. The lowest BCUT2D eigenvalue weighted by Gasteiger charge is -2.40. The van der Waals surface area contributed by atoms with Crippen molar-refractivity contribution in [3.8, 4) is 0 Å². The van der Waals surface area contributed by atoms with Crippen LogP contribution in [0.3, 0.4) is 0 Å². The number of aliphatic hydroxyl groups is 1. The van der Waals surface area contributed by atoms with E-state index in [0.29, 0.717) is 0 Å². The maximum atomic E-state index is 13.0. The Hall–Kier alpha value is -1.09. The van der Waals surface area contributed by atoms with E-state index in [9.17, 15) is 65.9 Å². The van der Waals surface area contributed by atoms with E-state index in [4.69, 9.17) is 5.11 Å². The van der Waals surface area contributed by atoms with Crippen LogP contribution < -0.4 is 0 Å². The fourth-order valence-electron chi connectivity index (χ4n) is 1.27. The average Bonchev–Trinajstić information content (AvgIpc) is 2.33. The van der Waals surface area contributed by atoms with Crippen molar-refractivity contribution in [1.82, 2.24) is 0 Å². The zero-order valence-corrected chi connectivity index (χ0v) is 11.0. The van der Waals surface area contributed by atoms with Crippen LogP contribution >= 0.6 is 0 Å². The quantitative estimate of drug-likeness (QED) is 0.576. The van der Waals surface area contributed by atoms with Crippen molar-refractivity contribution in [2.75, 3.05) is 0 Å². The molecule has 25 heavy (non-hydrogen) atoms. The molecule has 0 amide bonds. The van der Waals surface area contributed by atoms with Crippen molar-refractivity contribution < 1.29 is 71.0 Å². The summed E-state index contributed by atoms with van der Waals surface area (Å²) in [6.07, 6.45) is -18.9. The fourth-order valence-corrected chi connectivity index (χ4v) is 1.27. The third-order valence-electron chi connectivity index (χ3n) is 2.74. The molecule has 0 aromatic carbocycles. The van der Waals surface area contributed by atoms with Crippen LogP contribution in [0.4, 0.5) is 65.9 Å². The van der Waals surface area contributed by atoms with Gasteiger partial charge in [0.2, 0.25) is 0 Å². The molecule has 0 spiro atoms. The van der Waals surface area contributed by atoms with Crippen LogP contribution in [0.1, 0.15) is 12.8 Å². The van der Waals surface area contributed by atoms with Crippen molar-refractivity contribution in [2.45, 2.75) is 54.7 Å². The van der Waals surface area contributed by atoms with Crippen molar-refractivity contribution in [3.63, 3.8) is 0 Å². The number of hydrogen-bond acceptors (Lipinski definition) is 1. The predicted molar refractivity (Wildman–Crippen MR) is 47.2 cm³/mol. The topological polar surface area (TPSA) is 20.2 Å². The van der Waals surface area contributed by atoms with Crippen molar-refractivity contribution in [2.24, 2.45) is 0 Å². The first-order chi connectivity index (χ1) is 10.5. The summed E-state index contributed by atoms with van der Waals surface area (Å²) in [5.41, 5.74) is 0. The second-order valence-electron chi connectivity index (χ2n) is 4.66. The lowest BCUT2D eigenvalue weighted by atomic mass is 9.92. The molecule has 0 aliphatic heterocycles. The first-order valence-corrected chi connectivity index (χ1v) is 5.52. The minimum Gasteiger partial charge on any atom is -0.331 e. The van der Waals surface area contributed by atoms with Crippen molar-refractivity contribution >= 4 is 0 Å². The molecule has 0 fully saturated rings. The lowest BCUT2D eigenvalue weighted by molar-refractivity contribution is -0.452. The van der Waals surface area contributed by atoms with E-state index in [1.54, 1.807) is 0 Å². The maximum Gasteiger partial charge on any atom is 0.423 e. The van der Waals surface area contributed by atoms with Gasteiger partial charge >= 0.3 is 41.9 Å². The zero-order valence-electron chi connectivity index (χ0n) is 11.0. The summed E-state index contributed by atoms with van der Waals surface area (Å²) >= 11 is 0. The predicted octanol–water partition coefficient (Wildman–Crippen LogP) is 5.09. The molecule has 0 bridgehead atoms. The van der Waals surface area contributed by atoms with E-state index >= 15 is 0 Å². The summed E-state index contributed by atoms with van der Waals surface area (Å²) in [6, 6.07) is 0. The molecule has 0 aromatic rings. The maximum absolute atomic E-state index is 13.0. The summed E-state index contributed by atoms with van der Waals surface area (Å²) in [4.78, 5) is 0. The lowest BCUT2D eigenvalue weighted by Crippen LogP contribution is -2.70. The van der Waals surface area contributed by atoms with Crippen molar-refractivity contribution in [3.05, 3.63) is 0 Å². The minimum atomic E-state index is -7.98. The highest BCUT2D eigenvalue weighted by molar-refractivity contribution is 5.10. The molecule has 0 aliphatic carbocycles. The van der Waals surface area contributed by atoms with Gasteiger partial charge in [-0.25, -0.2) is 0 Å². The van der Waals surface area contributed by atoms with Crippen LogP contribution in [-0.4, -0.2) is 47.0 Å². The Balaban J connectivity index is 6.03. The van der Waals surface area contributed by atoms with Crippen LogP contribution in [0, 0.1) is 0 Å². The molecular formula is C9H5F15O. The van der Waals surface area contributed by atoms with Gasteiger partial charge in [0.1, 0.15) is 0 Å². The summed E-state index contributed by atoms with van der Waals surface area (Å²) in [5.74, 6) is -37.9. The van der Waals surface area contributed by atoms with Crippen LogP contribution in [0.15, 0.2) is 0 Å². The summed E-state index contributed by atoms with van der Waals surface area (Å²) in [6.45, 7) is 0. The third kappa shape index (κ3) is 3.86. The Bertz CT molecular complexity index is 470. The molecule has 0 rings (SSSR count). The molecule has 0 heterocycles. The van der Waals surface area contributed by atoms with Crippen molar-refractivity contribution in [1.29, 1.82) is 0 Å². The Morgan fingerprint density at radius 2 is 0.760 bits per heavy atom. The summed E-state index contributed by atoms with van der Waals surface area (Å²) in [5, 5.41) is 7.45. The van der Waals surface area contributed by atoms with E-state index < -0.39 is 54.7 Å². The van der Waals surface area contributed by atoms with E-state index in [-0.39, 0.29) is 0 Å². The molecule has 0 saturated heterocycles. The molecule has 1 nitrogen and oxygen atoms in total. The van der Waals surface area contributed by atoms with Gasteiger partial charge in [-0.3, -0.25) is 0 Å². The molecule has 16 heteroatoms. The molecular weight excluding hydrogens is 409 g/mol. The zero-order chi connectivity index (χ0) is 20.9. The van der Waals surface area contributed by atoms with Crippen LogP contribution in [-0.2, 0) is 0 Å². The second-order valence-corrected chi connectivity index (χ2v) is 4.66. The van der Waals surface area contributed by atoms with Crippen LogP contribution in [0.5, 0.6) is 0 Å². The van der Waals surface area contributed by atoms with Crippen LogP contribution in [0.2, 0.25) is 0 Å². The highest BCUT2D eigenvalue weighted by atomic mass is 19.4. The monoisotopic (exact) mass is 414 g/mol. The first-order valence-electron chi connectivity index (χ1n) is 5.52. The average molecular weight is 414 g/mol. The summed E-state index contributed by atoms with van der Waals surface area (Å²) < 4.78 is 187. The standard InChI is InChI=1S/C9H5F15O/c10-3(11,1-2-4(12,13)14)5(15,16)6(17,18)7(19,20)8(21,22)9(23,24)25/h25H,1-2H2. The Labute approximate surface area is 127 Å². The molecule has 1 N–H and O–H groups in total. The molecule has 0 radical (unpaired) electrons. The number of alkyl halides is 15. The second kappa shape index (κ2) is 5.97. The highest BCUT2D eigenvalue weighted by Gasteiger charge is 2.90. The molecule has 0 saturated carbocycles. The Kier molecular flexibility index (Phi) is 5.71. The highest BCUT2D eigenvalue weighted by Crippen LogP contribution is 2.60. The largest absolute Gasteiger partial charge is 0.423 e. The number of halogens is 15. The molecule has 0 atom stereocenters. The Morgan fingerprint density at radius 3 is 1.04 bits per heavy atom. The molecule has 152 valence electrons. The van der Waals surface area contributed by atoms with Gasteiger partial charge in [-0.1, -0.05) is 0 Å². The number of hydrogen-bond donors (Lipinski definition) is 1. The first kappa shape index (κ1) is 23.9. The van der Waals surface area contributed by atoms with Crippen LogP contribution in [0.25, 0.3) is 0 Å². The van der Waals surface area contributed by atoms with Gasteiger partial charge < -0.3 is 5.11 Å². The molecule has 0 unspecified atom stereocenters. The van der Waals surface area contributed by atoms with E-state index in [0.717, 1.165) is 0 Å². The van der Waals surface area contributed by atoms with E-state index in [2.05, 4.69) is 0 Å². The van der Waals surface area contributed by atoms with Gasteiger partial charge in [0.15, 0.2) is 0 Å². The van der Waals surface area contributed by atoms with E-state index in [1.165, 1.54) is 0 Å². The minimum absolute atomic E-state index is 2.91. The number of rotatable bonds is 7. The van der Waals surface area contributed by atoms with Gasteiger partial charge in [0, 0.05) is 12.8 Å². The van der Waals surface area contributed by atoms with Gasteiger partial charge in [0.25, 0.3) is 0 Å². The SMILES string of the molecule is OC(F)(F)C(F)(F)C(F)(F)C(F)(F)C(F)(F)C(F)(F)CCC(F)(F)F. The molecule has 0 aromatic heterocycles.